The topological polar surface area (TPSA) is 32.3 Å². The van der Waals surface area contributed by atoms with Crippen LogP contribution in [-0.2, 0) is 0 Å². The van der Waals surface area contributed by atoms with Gasteiger partial charge in [-0.3, -0.25) is 0 Å². The highest BCUT2D eigenvalue weighted by atomic mass is 16.3. The van der Waals surface area contributed by atoms with Crippen LogP contribution in [0, 0.1) is 11.3 Å². The zero-order valence-electron chi connectivity index (χ0n) is 12.3. The summed E-state index contributed by atoms with van der Waals surface area (Å²) >= 11 is 0. The van der Waals surface area contributed by atoms with Gasteiger partial charge < -0.3 is 10.4 Å². The number of hydrogen-bond acceptors (Lipinski definition) is 2. The fourth-order valence-electron chi connectivity index (χ4n) is 3.14. The quantitative estimate of drug-likeness (QED) is 0.743. The van der Waals surface area contributed by atoms with Crippen molar-refractivity contribution in [2.75, 3.05) is 6.54 Å². The summed E-state index contributed by atoms with van der Waals surface area (Å²) in [6, 6.07) is 0.214. The summed E-state index contributed by atoms with van der Waals surface area (Å²) in [5.74, 6) is 0.755. The largest absolute Gasteiger partial charge is 0.388 e. The summed E-state index contributed by atoms with van der Waals surface area (Å²) in [4.78, 5) is 0. The highest BCUT2D eigenvalue weighted by Crippen LogP contribution is 2.40. The molecule has 1 fully saturated rings. The smallest absolute Gasteiger partial charge is 0.0797 e. The molecule has 0 bridgehead atoms. The second-order valence-electron chi connectivity index (χ2n) is 6.88. The van der Waals surface area contributed by atoms with Gasteiger partial charge in [0.05, 0.1) is 5.60 Å². The predicted octanol–water partition coefficient (Wildman–Crippen LogP) is 3.34. The molecule has 1 rings (SSSR count). The van der Waals surface area contributed by atoms with Gasteiger partial charge in [0.1, 0.15) is 0 Å². The Balaban J connectivity index is 2.63. The van der Waals surface area contributed by atoms with Crippen molar-refractivity contribution >= 4 is 0 Å². The van der Waals surface area contributed by atoms with Crippen LogP contribution < -0.4 is 5.32 Å². The third kappa shape index (κ3) is 3.96. The van der Waals surface area contributed by atoms with Crippen LogP contribution in [0.5, 0.6) is 0 Å². The fraction of sp³-hybridized carbons (Fsp3) is 1.00. The van der Waals surface area contributed by atoms with Gasteiger partial charge in [-0.2, -0.15) is 0 Å². The lowest BCUT2D eigenvalue weighted by molar-refractivity contribution is -0.00830. The van der Waals surface area contributed by atoms with Crippen LogP contribution >= 0.6 is 0 Å². The van der Waals surface area contributed by atoms with Crippen LogP contribution in [0.25, 0.3) is 0 Å². The van der Waals surface area contributed by atoms with Crippen molar-refractivity contribution in [1.29, 1.82) is 0 Å². The van der Waals surface area contributed by atoms with Crippen LogP contribution in [0.2, 0.25) is 0 Å². The van der Waals surface area contributed by atoms with Gasteiger partial charge in [-0.25, -0.2) is 0 Å². The maximum Gasteiger partial charge on any atom is 0.0797 e. The molecule has 0 heterocycles. The van der Waals surface area contributed by atoms with Gasteiger partial charge in [-0.15, -0.1) is 0 Å². The van der Waals surface area contributed by atoms with E-state index in [-0.39, 0.29) is 6.04 Å². The van der Waals surface area contributed by atoms with Crippen molar-refractivity contribution in [3.8, 4) is 0 Å². The summed E-state index contributed by atoms with van der Waals surface area (Å²) in [7, 11) is 0. The molecular weight excluding hydrogens is 210 g/mol. The molecule has 0 saturated heterocycles. The van der Waals surface area contributed by atoms with E-state index in [9.17, 15) is 5.11 Å². The highest BCUT2D eigenvalue weighted by Gasteiger charge is 2.37. The Bertz CT molecular complexity index is 234. The Labute approximate surface area is 107 Å². The van der Waals surface area contributed by atoms with Crippen LogP contribution in [0.4, 0.5) is 0 Å². The molecule has 102 valence electrons. The van der Waals surface area contributed by atoms with E-state index >= 15 is 0 Å². The summed E-state index contributed by atoms with van der Waals surface area (Å²) in [6.45, 7) is 12.2. The summed E-state index contributed by atoms with van der Waals surface area (Å²) < 4.78 is 0. The van der Waals surface area contributed by atoms with Gasteiger partial charge in [0.2, 0.25) is 0 Å². The first-order valence-electron chi connectivity index (χ1n) is 7.25. The fourth-order valence-corrected chi connectivity index (χ4v) is 3.14. The van der Waals surface area contributed by atoms with Gasteiger partial charge >= 0.3 is 0 Å². The molecular formula is C15H31NO. The monoisotopic (exact) mass is 241 g/mol. The van der Waals surface area contributed by atoms with Crippen molar-refractivity contribution < 1.29 is 5.11 Å². The second kappa shape index (κ2) is 5.71. The van der Waals surface area contributed by atoms with Gasteiger partial charge in [0, 0.05) is 6.04 Å². The van der Waals surface area contributed by atoms with Gasteiger partial charge in [0.25, 0.3) is 0 Å². The molecule has 2 N–H and O–H groups in total. The Kier molecular flexibility index (Phi) is 5.03. The second-order valence-corrected chi connectivity index (χ2v) is 6.88. The number of hydrogen-bond donors (Lipinski definition) is 2. The van der Waals surface area contributed by atoms with Gasteiger partial charge in [-0.05, 0) is 50.5 Å². The minimum Gasteiger partial charge on any atom is -0.388 e. The lowest BCUT2D eigenvalue weighted by Gasteiger charge is -2.35. The third-order valence-corrected chi connectivity index (χ3v) is 4.63. The molecule has 2 nitrogen and oxygen atoms in total. The summed E-state index contributed by atoms with van der Waals surface area (Å²) in [5.41, 5.74) is -0.108. The third-order valence-electron chi connectivity index (χ3n) is 4.63. The molecule has 0 spiro atoms. The SMILES string of the molecule is CCNC(C)C1(O)CCCC(C(C)(C)C)CC1. The molecule has 0 aliphatic heterocycles. The summed E-state index contributed by atoms with van der Waals surface area (Å²) in [5, 5.41) is 14.2. The standard InChI is InChI=1S/C15H31NO/c1-6-16-12(2)15(17)10-7-8-13(9-11-15)14(3,4)5/h12-13,16-17H,6-11H2,1-5H3. The Hall–Kier alpha value is -0.0800. The number of rotatable bonds is 3. The zero-order chi connectivity index (χ0) is 13.1. The van der Waals surface area contributed by atoms with E-state index in [0.717, 1.165) is 38.1 Å². The predicted molar refractivity (Wildman–Crippen MR) is 74.1 cm³/mol. The van der Waals surface area contributed by atoms with Crippen molar-refractivity contribution in [1.82, 2.24) is 5.32 Å². The number of likely N-dealkylation sites (N-methyl/N-ethyl adjacent to an activating group) is 1. The molecule has 1 aliphatic carbocycles. The summed E-state index contributed by atoms with van der Waals surface area (Å²) in [6.07, 6.45) is 5.49. The maximum absolute atomic E-state index is 10.8. The van der Waals surface area contributed by atoms with Crippen LogP contribution in [0.3, 0.4) is 0 Å². The Morgan fingerprint density at radius 1 is 1.29 bits per heavy atom. The Morgan fingerprint density at radius 3 is 2.47 bits per heavy atom. The van der Waals surface area contributed by atoms with E-state index in [2.05, 4.69) is 39.9 Å². The molecule has 2 heteroatoms. The van der Waals surface area contributed by atoms with E-state index in [4.69, 9.17) is 0 Å². The molecule has 0 aromatic rings. The molecule has 3 unspecified atom stereocenters. The minimum absolute atomic E-state index is 0.214. The van der Waals surface area contributed by atoms with Crippen molar-refractivity contribution in [2.45, 2.75) is 78.4 Å². The van der Waals surface area contributed by atoms with Gasteiger partial charge in [-0.1, -0.05) is 34.1 Å². The maximum atomic E-state index is 10.8. The van der Waals surface area contributed by atoms with E-state index < -0.39 is 5.60 Å². The van der Waals surface area contributed by atoms with E-state index in [0.29, 0.717) is 5.41 Å². The first-order valence-corrected chi connectivity index (χ1v) is 7.25. The molecule has 0 aromatic heterocycles. The molecule has 1 saturated carbocycles. The normalized spacial score (nSPS) is 33.2. The zero-order valence-corrected chi connectivity index (χ0v) is 12.3. The highest BCUT2D eigenvalue weighted by molar-refractivity contribution is 4.92. The lowest BCUT2D eigenvalue weighted by Crippen LogP contribution is -2.48. The molecule has 0 aromatic carbocycles. The van der Waals surface area contributed by atoms with Gasteiger partial charge in [0.15, 0.2) is 0 Å². The molecule has 0 radical (unpaired) electrons. The van der Waals surface area contributed by atoms with Crippen LogP contribution in [0.1, 0.15) is 66.7 Å². The molecule has 0 amide bonds. The molecule has 17 heavy (non-hydrogen) atoms. The average Bonchev–Trinajstić information content (AvgIpc) is 2.41. The molecule has 3 atom stereocenters. The molecule has 1 aliphatic rings. The Morgan fingerprint density at radius 2 is 1.94 bits per heavy atom. The van der Waals surface area contributed by atoms with Crippen molar-refractivity contribution in [3.63, 3.8) is 0 Å². The first-order chi connectivity index (χ1) is 7.79. The van der Waals surface area contributed by atoms with Crippen LogP contribution in [-0.4, -0.2) is 23.3 Å². The number of aliphatic hydroxyl groups is 1. The van der Waals surface area contributed by atoms with E-state index in [1.807, 2.05) is 0 Å². The van der Waals surface area contributed by atoms with Crippen molar-refractivity contribution in [2.24, 2.45) is 11.3 Å². The number of nitrogens with one attached hydrogen (secondary N) is 1. The van der Waals surface area contributed by atoms with E-state index in [1.165, 1.54) is 6.42 Å². The van der Waals surface area contributed by atoms with E-state index in [1.54, 1.807) is 0 Å². The van der Waals surface area contributed by atoms with Crippen LogP contribution in [0.15, 0.2) is 0 Å². The van der Waals surface area contributed by atoms with Crippen molar-refractivity contribution in [3.05, 3.63) is 0 Å². The first kappa shape index (κ1) is 15.0. The minimum atomic E-state index is -0.490. The average molecular weight is 241 g/mol. The lowest BCUT2D eigenvalue weighted by atomic mass is 9.76.